The van der Waals surface area contributed by atoms with Crippen LogP contribution in [0.15, 0.2) is 28.8 Å². The highest BCUT2D eigenvalue weighted by molar-refractivity contribution is 5.76. The number of carbonyl (C=O) groups excluding carboxylic acids is 1. The molecule has 0 aliphatic carbocycles. The number of amides is 1. The molecule has 1 fully saturated rings. The standard InChI is InChI=1S/C17H21FN4O2/c18-13-8-6-12(7-9-13)17-21-16(24-22-17)5-1-4-15(23)20-14-3-2-10-19-11-14/h6-9,14,19H,1-5,10-11H2,(H,20,23). The van der Waals surface area contributed by atoms with Gasteiger partial charge in [0.2, 0.25) is 17.6 Å². The Kier molecular flexibility index (Phi) is 5.53. The first-order chi connectivity index (χ1) is 11.7. The van der Waals surface area contributed by atoms with Crippen molar-refractivity contribution in [3.63, 3.8) is 0 Å². The van der Waals surface area contributed by atoms with E-state index >= 15 is 0 Å². The third-order valence-electron chi connectivity index (χ3n) is 4.03. The molecule has 1 aliphatic heterocycles. The number of hydrogen-bond donors (Lipinski definition) is 2. The number of hydrogen-bond acceptors (Lipinski definition) is 5. The van der Waals surface area contributed by atoms with E-state index in [0.717, 1.165) is 25.9 Å². The molecule has 1 saturated heterocycles. The molecule has 0 radical (unpaired) electrons. The van der Waals surface area contributed by atoms with Crippen LogP contribution < -0.4 is 10.6 Å². The lowest BCUT2D eigenvalue weighted by atomic mass is 10.1. The Bertz CT molecular complexity index is 665. The molecule has 0 spiro atoms. The number of nitrogens with zero attached hydrogens (tertiary/aromatic N) is 2. The summed E-state index contributed by atoms with van der Waals surface area (Å²) >= 11 is 0. The van der Waals surface area contributed by atoms with E-state index in [9.17, 15) is 9.18 Å². The molecule has 3 rings (SSSR count). The van der Waals surface area contributed by atoms with Gasteiger partial charge in [0.05, 0.1) is 0 Å². The monoisotopic (exact) mass is 332 g/mol. The summed E-state index contributed by atoms with van der Waals surface area (Å²) in [7, 11) is 0. The third-order valence-corrected chi connectivity index (χ3v) is 4.03. The van der Waals surface area contributed by atoms with Crippen LogP contribution in [0.1, 0.15) is 31.6 Å². The maximum Gasteiger partial charge on any atom is 0.226 e. The van der Waals surface area contributed by atoms with Crippen molar-refractivity contribution >= 4 is 5.91 Å². The lowest BCUT2D eigenvalue weighted by Gasteiger charge is -2.23. The molecule has 6 nitrogen and oxygen atoms in total. The van der Waals surface area contributed by atoms with Crippen molar-refractivity contribution in [2.75, 3.05) is 13.1 Å². The van der Waals surface area contributed by atoms with E-state index < -0.39 is 0 Å². The molecule has 1 amide bonds. The van der Waals surface area contributed by atoms with E-state index in [0.29, 0.717) is 36.5 Å². The van der Waals surface area contributed by atoms with E-state index in [1.54, 1.807) is 12.1 Å². The average Bonchev–Trinajstić information content (AvgIpc) is 3.05. The minimum absolute atomic E-state index is 0.0574. The first kappa shape index (κ1) is 16.6. The van der Waals surface area contributed by atoms with E-state index in [4.69, 9.17) is 4.52 Å². The molecule has 24 heavy (non-hydrogen) atoms. The number of rotatable bonds is 6. The molecule has 1 aromatic heterocycles. The predicted octanol–water partition coefficient (Wildman–Crippen LogP) is 2.07. The molecule has 2 N–H and O–H groups in total. The fraction of sp³-hybridized carbons (Fsp3) is 0.471. The largest absolute Gasteiger partial charge is 0.352 e. The quantitative estimate of drug-likeness (QED) is 0.846. The number of benzene rings is 1. The van der Waals surface area contributed by atoms with Crippen molar-refractivity contribution in [3.05, 3.63) is 36.0 Å². The van der Waals surface area contributed by atoms with Gasteiger partial charge in [-0.3, -0.25) is 4.79 Å². The van der Waals surface area contributed by atoms with Crippen LogP contribution in [-0.2, 0) is 11.2 Å². The van der Waals surface area contributed by atoms with Crippen LogP contribution in [0.5, 0.6) is 0 Å². The summed E-state index contributed by atoms with van der Waals surface area (Å²) in [5.41, 5.74) is 0.703. The Hall–Kier alpha value is -2.28. The van der Waals surface area contributed by atoms with Gasteiger partial charge in [-0.05, 0) is 50.1 Å². The van der Waals surface area contributed by atoms with Gasteiger partial charge in [-0.15, -0.1) is 0 Å². The molecule has 2 heterocycles. The van der Waals surface area contributed by atoms with E-state index in [2.05, 4.69) is 20.8 Å². The van der Waals surface area contributed by atoms with E-state index in [1.807, 2.05) is 0 Å². The molecule has 0 saturated carbocycles. The van der Waals surface area contributed by atoms with Gasteiger partial charge < -0.3 is 15.2 Å². The molecule has 0 bridgehead atoms. The number of carbonyl (C=O) groups is 1. The Morgan fingerprint density at radius 1 is 1.38 bits per heavy atom. The van der Waals surface area contributed by atoms with Crippen molar-refractivity contribution in [2.45, 2.75) is 38.1 Å². The first-order valence-corrected chi connectivity index (χ1v) is 8.29. The van der Waals surface area contributed by atoms with Gasteiger partial charge in [0, 0.05) is 31.0 Å². The summed E-state index contributed by atoms with van der Waals surface area (Å²) in [5, 5.41) is 10.2. The fourth-order valence-corrected chi connectivity index (χ4v) is 2.75. The maximum absolute atomic E-state index is 12.9. The molecular formula is C17H21FN4O2. The van der Waals surface area contributed by atoms with Gasteiger partial charge in [0.15, 0.2) is 0 Å². The highest BCUT2D eigenvalue weighted by atomic mass is 19.1. The Labute approximate surface area is 139 Å². The second kappa shape index (κ2) is 8.01. The molecule has 1 unspecified atom stereocenters. The molecule has 128 valence electrons. The zero-order chi connectivity index (χ0) is 16.8. The van der Waals surface area contributed by atoms with Gasteiger partial charge in [0.25, 0.3) is 0 Å². The maximum atomic E-state index is 12.9. The highest BCUT2D eigenvalue weighted by Gasteiger charge is 2.15. The number of nitrogens with one attached hydrogen (secondary N) is 2. The number of aromatic nitrogens is 2. The molecule has 1 aliphatic rings. The minimum Gasteiger partial charge on any atom is -0.352 e. The molecular weight excluding hydrogens is 311 g/mol. The summed E-state index contributed by atoms with van der Waals surface area (Å²) in [5.74, 6) is 0.674. The van der Waals surface area contributed by atoms with Crippen LogP contribution in [0.2, 0.25) is 0 Å². The van der Waals surface area contributed by atoms with Crippen molar-refractivity contribution in [1.29, 1.82) is 0 Å². The zero-order valence-corrected chi connectivity index (χ0v) is 13.4. The van der Waals surface area contributed by atoms with Crippen LogP contribution in [0.25, 0.3) is 11.4 Å². The van der Waals surface area contributed by atoms with E-state index in [-0.39, 0.29) is 17.8 Å². The second-order valence-electron chi connectivity index (χ2n) is 5.98. The van der Waals surface area contributed by atoms with Gasteiger partial charge in [-0.2, -0.15) is 4.98 Å². The summed E-state index contributed by atoms with van der Waals surface area (Å²) in [6.07, 6.45) is 3.76. The minimum atomic E-state index is -0.304. The Morgan fingerprint density at radius 2 is 2.21 bits per heavy atom. The molecule has 7 heteroatoms. The number of halogens is 1. The van der Waals surface area contributed by atoms with E-state index in [1.165, 1.54) is 12.1 Å². The van der Waals surface area contributed by atoms with Crippen molar-refractivity contribution in [3.8, 4) is 11.4 Å². The van der Waals surface area contributed by atoms with Crippen LogP contribution >= 0.6 is 0 Å². The van der Waals surface area contributed by atoms with Crippen LogP contribution in [-0.4, -0.2) is 35.2 Å². The first-order valence-electron chi connectivity index (χ1n) is 8.29. The topological polar surface area (TPSA) is 80.0 Å². The number of aryl methyl sites for hydroxylation is 1. The molecule has 1 aromatic carbocycles. The number of piperidine rings is 1. The summed E-state index contributed by atoms with van der Waals surface area (Å²) in [6, 6.07) is 6.16. The Balaban J connectivity index is 1.43. The van der Waals surface area contributed by atoms with Crippen molar-refractivity contribution in [2.24, 2.45) is 0 Å². The lowest BCUT2D eigenvalue weighted by Crippen LogP contribution is -2.45. The lowest BCUT2D eigenvalue weighted by molar-refractivity contribution is -0.122. The smallest absolute Gasteiger partial charge is 0.226 e. The van der Waals surface area contributed by atoms with Gasteiger partial charge in [-0.1, -0.05) is 5.16 Å². The average molecular weight is 332 g/mol. The van der Waals surface area contributed by atoms with Gasteiger partial charge >= 0.3 is 0 Å². The second-order valence-corrected chi connectivity index (χ2v) is 5.98. The molecule has 2 aromatic rings. The van der Waals surface area contributed by atoms with Crippen molar-refractivity contribution in [1.82, 2.24) is 20.8 Å². The van der Waals surface area contributed by atoms with Crippen molar-refractivity contribution < 1.29 is 13.7 Å². The molecule has 1 atom stereocenters. The summed E-state index contributed by atoms with van der Waals surface area (Å²) in [4.78, 5) is 16.2. The zero-order valence-electron chi connectivity index (χ0n) is 13.4. The SMILES string of the molecule is O=C(CCCc1nc(-c2ccc(F)cc2)no1)NC1CCCNC1. The van der Waals surface area contributed by atoms with Crippen LogP contribution in [0.4, 0.5) is 4.39 Å². The normalized spacial score (nSPS) is 17.6. The highest BCUT2D eigenvalue weighted by Crippen LogP contribution is 2.16. The van der Waals surface area contributed by atoms with Gasteiger partial charge in [0.1, 0.15) is 5.82 Å². The van der Waals surface area contributed by atoms with Crippen LogP contribution in [0, 0.1) is 5.82 Å². The summed E-state index contributed by atoms with van der Waals surface area (Å²) < 4.78 is 18.1. The van der Waals surface area contributed by atoms with Gasteiger partial charge in [-0.25, -0.2) is 4.39 Å². The third kappa shape index (κ3) is 4.61. The predicted molar refractivity (Wildman–Crippen MR) is 86.7 cm³/mol. The van der Waals surface area contributed by atoms with Crippen LogP contribution in [0.3, 0.4) is 0 Å². The summed E-state index contributed by atoms with van der Waals surface area (Å²) in [6.45, 7) is 1.87. The fourth-order valence-electron chi connectivity index (χ4n) is 2.75. The Morgan fingerprint density at radius 3 is 2.96 bits per heavy atom.